The van der Waals surface area contributed by atoms with Crippen LogP contribution in [0.1, 0.15) is 33.3 Å². The fourth-order valence-corrected chi connectivity index (χ4v) is 3.72. The van der Waals surface area contributed by atoms with Crippen LogP contribution in [0.4, 0.5) is 4.39 Å². The van der Waals surface area contributed by atoms with Crippen LogP contribution in [0.25, 0.3) is 5.47 Å². The van der Waals surface area contributed by atoms with E-state index in [1.165, 1.54) is 24.2 Å². The molecule has 0 aromatic carbocycles. The number of aromatic nitrogens is 1. The number of hydrogen-bond donors (Lipinski definition) is 0. The van der Waals surface area contributed by atoms with E-state index in [1.54, 1.807) is 0 Å². The first-order chi connectivity index (χ1) is 9.69. The van der Waals surface area contributed by atoms with E-state index in [0.29, 0.717) is 0 Å². The minimum absolute atomic E-state index is 0.362. The van der Waals surface area contributed by atoms with Crippen LogP contribution in [-0.2, 0) is 9.31 Å². The van der Waals surface area contributed by atoms with Crippen LogP contribution in [-0.4, -0.2) is 25.8 Å². The first kappa shape index (κ1) is 15.6. The van der Waals surface area contributed by atoms with Crippen LogP contribution in [0.5, 0.6) is 0 Å². The summed E-state index contributed by atoms with van der Waals surface area (Å²) in [6, 6.07) is 1.48. The molecule has 0 atom stereocenters. The Morgan fingerprint density at radius 3 is 2.52 bits per heavy atom. The molecule has 0 saturated carbocycles. The normalized spacial score (nSPS) is 23.0. The molecule has 0 unspecified atom stereocenters. The van der Waals surface area contributed by atoms with Crippen molar-refractivity contribution in [2.24, 2.45) is 0 Å². The monoisotopic (exact) mass is 420 g/mol. The summed E-state index contributed by atoms with van der Waals surface area (Å²) >= 11 is 3.59. The van der Waals surface area contributed by atoms with Gasteiger partial charge in [-0.2, -0.15) is 0 Å². The van der Waals surface area contributed by atoms with Gasteiger partial charge in [0.25, 0.3) is 0 Å². The van der Waals surface area contributed by atoms with Gasteiger partial charge in [-0.1, -0.05) is 0 Å². The SMILES string of the molecule is CC1(C)OB(C2=CN(I)Sc3ncc(F)cc32)OC1(C)C. The van der Waals surface area contributed by atoms with Gasteiger partial charge < -0.3 is 9.31 Å². The number of fused-ring (bicyclic) bond motifs is 1. The molecular formula is C13H15BFIN2O2S. The maximum atomic E-state index is 13.6. The van der Waals surface area contributed by atoms with E-state index in [2.05, 4.69) is 27.8 Å². The highest BCUT2D eigenvalue weighted by Crippen LogP contribution is 2.45. The van der Waals surface area contributed by atoms with E-state index < -0.39 is 18.3 Å². The smallest absolute Gasteiger partial charge is 0.399 e. The molecule has 0 bridgehead atoms. The molecule has 0 aliphatic carbocycles. The van der Waals surface area contributed by atoms with Gasteiger partial charge in [-0.15, -0.1) is 0 Å². The molecule has 1 saturated heterocycles. The molecule has 21 heavy (non-hydrogen) atoms. The molecule has 3 heterocycles. The van der Waals surface area contributed by atoms with E-state index in [9.17, 15) is 4.39 Å². The van der Waals surface area contributed by atoms with Crippen LogP contribution in [0, 0.1) is 5.82 Å². The van der Waals surface area contributed by atoms with Crippen molar-refractivity contribution in [1.82, 2.24) is 7.50 Å². The number of halogens is 2. The van der Waals surface area contributed by atoms with Crippen molar-refractivity contribution in [3.8, 4) is 0 Å². The third-order valence-corrected chi connectivity index (χ3v) is 5.70. The molecule has 0 spiro atoms. The molecule has 0 radical (unpaired) electrons. The quantitative estimate of drug-likeness (QED) is 0.299. The van der Waals surface area contributed by atoms with Gasteiger partial charge in [0.05, 0.1) is 40.3 Å². The molecular weight excluding hydrogens is 405 g/mol. The number of pyridine rings is 1. The van der Waals surface area contributed by atoms with E-state index in [-0.39, 0.29) is 5.82 Å². The molecule has 0 amide bonds. The molecule has 4 nitrogen and oxygen atoms in total. The third kappa shape index (κ3) is 2.71. The van der Waals surface area contributed by atoms with E-state index in [4.69, 9.17) is 9.31 Å². The zero-order valence-corrected chi connectivity index (χ0v) is 15.2. The van der Waals surface area contributed by atoms with E-state index in [0.717, 1.165) is 16.1 Å². The summed E-state index contributed by atoms with van der Waals surface area (Å²) in [5.74, 6) is -0.362. The average molecular weight is 420 g/mol. The minimum Gasteiger partial charge on any atom is -0.399 e. The van der Waals surface area contributed by atoms with Crippen molar-refractivity contribution in [3.63, 3.8) is 0 Å². The van der Waals surface area contributed by atoms with Crippen LogP contribution in [0.15, 0.2) is 23.5 Å². The zero-order chi connectivity index (χ0) is 15.4. The Balaban J connectivity index is 2.02. The Labute approximate surface area is 142 Å². The van der Waals surface area contributed by atoms with Crippen molar-refractivity contribution in [2.75, 3.05) is 0 Å². The topological polar surface area (TPSA) is 34.6 Å². The highest BCUT2D eigenvalue weighted by atomic mass is 127. The largest absolute Gasteiger partial charge is 0.497 e. The van der Waals surface area contributed by atoms with Crippen molar-refractivity contribution in [3.05, 3.63) is 29.8 Å². The molecule has 1 aromatic rings. The Morgan fingerprint density at radius 2 is 1.90 bits per heavy atom. The summed E-state index contributed by atoms with van der Waals surface area (Å²) < 4.78 is 27.6. The highest BCUT2D eigenvalue weighted by Gasteiger charge is 2.53. The Bertz CT molecular complexity index is 610. The zero-order valence-electron chi connectivity index (χ0n) is 12.2. The van der Waals surface area contributed by atoms with E-state index in [1.807, 2.05) is 36.4 Å². The summed E-state index contributed by atoms with van der Waals surface area (Å²) in [5.41, 5.74) is 0.662. The molecule has 2 aliphatic heterocycles. The number of nitrogens with zero attached hydrogens (tertiary/aromatic N) is 2. The van der Waals surface area contributed by atoms with Crippen LogP contribution >= 0.6 is 34.8 Å². The molecule has 2 aliphatic rings. The van der Waals surface area contributed by atoms with Crippen molar-refractivity contribution < 1.29 is 13.7 Å². The van der Waals surface area contributed by atoms with Gasteiger partial charge >= 0.3 is 7.12 Å². The summed E-state index contributed by atoms with van der Waals surface area (Å²) in [6.45, 7) is 7.99. The Hall–Kier alpha value is -0.315. The first-order valence-corrected chi connectivity index (χ1v) is 8.30. The third-order valence-electron chi connectivity index (χ3n) is 4.05. The van der Waals surface area contributed by atoms with Crippen LogP contribution in [0.3, 0.4) is 0 Å². The van der Waals surface area contributed by atoms with Crippen LogP contribution < -0.4 is 0 Å². The molecule has 112 valence electrons. The lowest BCUT2D eigenvalue weighted by atomic mass is 9.75. The first-order valence-electron chi connectivity index (χ1n) is 6.56. The van der Waals surface area contributed by atoms with Gasteiger partial charge in [-0.3, -0.25) is 2.52 Å². The predicted molar refractivity (Wildman–Crippen MR) is 90.0 cm³/mol. The highest BCUT2D eigenvalue weighted by molar-refractivity contribution is 14.1. The maximum Gasteiger partial charge on any atom is 0.497 e. The van der Waals surface area contributed by atoms with Crippen molar-refractivity contribution >= 4 is 47.4 Å². The van der Waals surface area contributed by atoms with Gasteiger partial charge in [0.2, 0.25) is 0 Å². The molecule has 1 aromatic heterocycles. The fraction of sp³-hybridized carbons (Fsp3) is 0.462. The lowest BCUT2D eigenvalue weighted by Crippen LogP contribution is -2.41. The van der Waals surface area contributed by atoms with Crippen molar-refractivity contribution in [2.45, 2.75) is 43.9 Å². The van der Waals surface area contributed by atoms with Gasteiger partial charge in [0.1, 0.15) is 10.8 Å². The standard InChI is InChI=1S/C13H15BFIN2O2S/c1-12(2)13(3,4)20-14(19-12)10-7-18(16)21-11-9(10)5-8(15)6-17-11/h5-7H,1-4H3. The lowest BCUT2D eigenvalue weighted by Gasteiger charge is -2.32. The Morgan fingerprint density at radius 1 is 1.29 bits per heavy atom. The minimum atomic E-state index is -0.532. The van der Waals surface area contributed by atoms with Crippen molar-refractivity contribution in [1.29, 1.82) is 0 Å². The second kappa shape index (κ2) is 5.11. The number of hydrogen-bond acceptors (Lipinski definition) is 5. The second-order valence-corrected chi connectivity index (χ2v) is 8.70. The van der Waals surface area contributed by atoms with E-state index >= 15 is 0 Å². The Kier molecular flexibility index (Phi) is 3.79. The second-order valence-electron chi connectivity index (χ2n) is 6.04. The summed E-state index contributed by atoms with van der Waals surface area (Å²) in [6.07, 6.45) is 3.13. The van der Waals surface area contributed by atoms with Crippen LogP contribution in [0.2, 0.25) is 0 Å². The summed E-state index contributed by atoms with van der Waals surface area (Å²) in [5, 5.41) is 0.748. The maximum absolute atomic E-state index is 13.6. The summed E-state index contributed by atoms with van der Waals surface area (Å²) in [4.78, 5) is 4.15. The molecule has 3 rings (SSSR count). The lowest BCUT2D eigenvalue weighted by molar-refractivity contribution is 0.00578. The number of rotatable bonds is 1. The van der Waals surface area contributed by atoms with Gasteiger partial charge in [0, 0.05) is 29.2 Å². The van der Waals surface area contributed by atoms with Gasteiger partial charge in [0.15, 0.2) is 0 Å². The fourth-order valence-electron chi connectivity index (χ4n) is 2.15. The average Bonchev–Trinajstić information content (AvgIpc) is 2.58. The molecule has 8 heteroatoms. The molecule has 1 fully saturated rings. The predicted octanol–water partition coefficient (Wildman–Crippen LogP) is 3.87. The van der Waals surface area contributed by atoms with Gasteiger partial charge in [-0.05, 0) is 33.8 Å². The molecule has 0 N–H and O–H groups in total. The van der Waals surface area contributed by atoms with Gasteiger partial charge in [-0.25, -0.2) is 9.37 Å². The summed E-state index contributed by atoms with van der Waals surface area (Å²) in [7, 11) is -0.532.